The van der Waals surface area contributed by atoms with Gasteiger partial charge in [0.2, 0.25) is 5.91 Å². The number of piperazine rings is 1. The minimum Gasteiger partial charge on any atom is -0.340 e. The first-order valence-electron chi connectivity index (χ1n) is 10.6. The summed E-state index contributed by atoms with van der Waals surface area (Å²) in [4.78, 5) is 30.6. The van der Waals surface area contributed by atoms with Gasteiger partial charge >= 0.3 is 6.03 Å². The van der Waals surface area contributed by atoms with E-state index in [-0.39, 0.29) is 11.9 Å². The maximum atomic E-state index is 12.5. The Morgan fingerprint density at radius 3 is 2.37 bits per heavy atom. The van der Waals surface area contributed by atoms with E-state index in [4.69, 9.17) is 0 Å². The van der Waals surface area contributed by atoms with Crippen molar-refractivity contribution in [3.63, 3.8) is 0 Å². The third kappa shape index (κ3) is 6.59. The molecule has 0 unspecified atom stereocenters. The van der Waals surface area contributed by atoms with Gasteiger partial charge in [-0.1, -0.05) is 60.2 Å². The molecular formula is C24H32N4O2. The lowest BCUT2D eigenvalue weighted by Crippen LogP contribution is -2.49. The predicted octanol–water partition coefficient (Wildman–Crippen LogP) is 2.87. The van der Waals surface area contributed by atoms with Crippen LogP contribution in [0, 0.1) is 6.92 Å². The minimum atomic E-state index is -0.158. The van der Waals surface area contributed by atoms with E-state index in [2.05, 4.69) is 41.4 Å². The van der Waals surface area contributed by atoms with Gasteiger partial charge in [0, 0.05) is 59.3 Å². The molecule has 1 aliphatic rings. The highest BCUT2D eigenvalue weighted by atomic mass is 16.2. The summed E-state index contributed by atoms with van der Waals surface area (Å²) in [5, 5.41) is 2.85. The fourth-order valence-corrected chi connectivity index (χ4v) is 3.72. The number of hydrogen-bond acceptors (Lipinski definition) is 3. The van der Waals surface area contributed by atoms with E-state index in [1.54, 1.807) is 11.9 Å². The fraction of sp³-hybridized carbons (Fsp3) is 0.417. The Hall–Kier alpha value is -2.86. The third-order valence-electron chi connectivity index (χ3n) is 5.44. The second-order valence-corrected chi connectivity index (χ2v) is 7.97. The summed E-state index contributed by atoms with van der Waals surface area (Å²) in [6.07, 6.45) is 0.336. The molecule has 0 aliphatic carbocycles. The van der Waals surface area contributed by atoms with Crippen molar-refractivity contribution in [3.8, 4) is 0 Å². The van der Waals surface area contributed by atoms with Crippen molar-refractivity contribution in [1.82, 2.24) is 20.0 Å². The summed E-state index contributed by atoms with van der Waals surface area (Å²) >= 11 is 0. The Labute approximate surface area is 179 Å². The number of benzene rings is 2. The summed E-state index contributed by atoms with van der Waals surface area (Å²) in [6, 6.07) is 18.3. The highest BCUT2D eigenvalue weighted by Gasteiger charge is 2.21. The van der Waals surface area contributed by atoms with Gasteiger partial charge in [-0.25, -0.2) is 4.79 Å². The monoisotopic (exact) mass is 408 g/mol. The number of aryl methyl sites for hydroxylation is 1. The molecule has 0 atom stereocenters. The highest BCUT2D eigenvalue weighted by Crippen LogP contribution is 2.11. The Balaban J connectivity index is 1.34. The topological polar surface area (TPSA) is 55.9 Å². The lowest BCUT2D eigenvalue weighted by atomic mass is 10.1. The number of rotatable bonds is 7. The molecule has 0 aromatic heterocycles. The summed E-state index contributed by atoms with van der Waals surface area (Å²) < 4.78 is 0. The minimum absolute atomic E-state index is 0.108. The van der Waals surface area contributed by atoms with Crippen LogP contribution in [0.3, 0.4) is 0 Å². The highest BCUT2D eigenvalue weighted by molar-refractivity contribution is 5.78. The van der Waals surface area contributed by atoms with Gasteiger partial charge in [-0.15, -0.1) is 0 Å². The fourth-order valence-electron chi connectivity index (χ4n) is 3.72. The van der Waals surface area contributed by atoms with Crippen LogP contribution in [0.25, 0.3) is 0 Å². The maximum Gasteiger partial charge on any atom is 0.317 e. The lowest BCUT2D eigenvalue weighted by molar-refractivity contribution is -0.132. The van der Waals surface area contributed by atoms with E-state index in [1.165, 1.54) is 11.1 Å². The molecule has 2 aromatic rings. The van der Waals surface area contributed by atoms with E-state index >= 15 is 0 Å². The molecule has 1 N–H and O–H groups in total. The van der Waals surface area contributed by atoms with Crippen LogP contribution in [0.4, 0.5) is 4.79 Å². The molecule has 0 saturated carbocycles. The van der Waals surface area contributed by atoms with Gasteiger partial charge in [-0.2, -0.15) is 0 Å². The largest absolute Gasteiger partial charge is 0.340 e. The molecule has 30 heavy (non-hydrogen) atoms. The molecule has 1 saturated heterocycles. The zero-order valence-electron chi connectivity index (χ0n) is 18.0. The van der Waals surface area contributed by atoms with Gasteiger partial charge in [0.15, 0.2) is 0 Å². The second-order valence-electron chi connectivity index (χ2n) is 7.97. The average Bonchev–Trinajstić information content (AvgIpc) is 2.75. The van der Waals surface area contributed by atoms with Crippen molar-refractivity contribution < 1.29 is 9.59 Å². The molecule has 3 rings (SSSR count). The number of nitrogens with zero attached hydrogens (tertiary/aromatic N) is 3. The van der Waals surface area contributed by atoms with Crippen LogP contribution in [-0.4, -0.2) is 66.4 Å². The van der Waals surface area contributed by atoms with Crippen LogP contribution >= 0.6 is 0 Å². The molecule has 0 radical (unpaired) electrons. The molecular weight excluding hydrogens is 376 g/mol. The first-order valence-corrected chi connectivity index (χ1v) is 10.6. The van der Waals surface area contributed by atoms with Crippen LogP contribution in [0.5, 0.6) is 0 Å². The molecule has 1 aliphatic heterocycles. The van der Waals surface area contributed by atoms with Gasteiger partial charge in [0.05, 0.1) is 0 Å². The average molecular weight is 409 g/mol. The Morgan fingerprint density at radius 2 is 1.67 bits per heavy atom. The van der Waals surface area contributed by atoms with Crippen LogP contribution in [-0.2, 0) is 17.9 Å². The molecule has 1 fully saturated rings. The van der Waals surface area contributed by atoms with E-state index in [0.29, 0.717) is 19.5 Å². The first-order chi connectivity index (χ1) is 14.5. The van der Waals surface area contributed by atoms with Gasteiger partial charge in [-0.3, -0.25) is 9.69 Å². The van der Waals surface area contributed by atoms with Gasteiger partial charge in [0.25, 0.3) is 0 Å². The van der Waals surface area contributed by atoms with E-state index in [9.17, 15) is 9.59 Å². The zero-order chi connectivity index (χ0) is 21.3. The zero-order valence-corrected chi connectivity index (χ0v) is 18.0. The van der Waals surface area contributed by atoms with Crippen molar-refractivity contribution in [2.24, 2.45) is 0 Å². The molecule has 6 heteroatoms. The predicted molar refractivity (Wildman–Crippen MR) is 119 cm³/mol. The molecule has 3 amide bonds. The normalized spacial score (nSPS) is 14.4. The molecule has 1 heterocycles. The van der Waals surface area contributed by atoms with Gasteiger partial charge in [0.1, 0.15) is 0 Å². The first kappa shape index (κ1) is 21.8. The number of carbonyl (C=O) groups is 2. The smallest absolute Gasteiger partial charge is 0.317 e. The standard InChI is InChI=1S/C24H32N4O2/c1-20-7-6-10-22(17-20)19-27-13-15-28(16-14-27)23(29)11-12-25-24(30)26(2)18-21-8-4-3-5-9-21/h3-10,17H,11-16,18-19H2,1-2H3,(H,25,30). The molecule has 0 spiro atoms. The number of urea groups is 1. The quantitative estimate of drug-likeness (QED) is 0.767. The third-order valence-corrected chi connectivity index (χ3v) is 5.44. The Morgan fingerprint density at radius 1 is 0.967 bits per heavy atom. The number of nitrogens with one attached hydrogen (secondary N) is 1. The van der Waals surface area contributed by atoms with E-state index in [0.717, 1.165) is 38.3 Å². The molecule has 160 valence electrons. The number of amides is 3. The number of carbonyl (C=O) groups excluding carboxylic acids is 2. The SMILES string of the molecule is Cc1cccc(CN2CCN(C(=O)CCNC(=O)N(C)Cc3ccccc3)CC2)c1. The maximum absolute atomic E-state index is 12.5. The lowest BCUT2D eigenvalue weighted by Gasteiger charge is -2.35. The van der Waals surface area contributed by atoms with Crippen LogP contribution in [0.2, 0.25) is 0 Å². The molecule has 0 bridgehead atoms. The van der Waals surface area contributed by atoms with Crippen molar-refractivity contribution in [3.05, 3.63) is 71.3 Å². The van der Waals surface area contributed by atoms with Crippen LogP contribution in [0.1, 0.15) is 23.1 Å². The van der Waals surface area contributed by atoms with Crippen LogP contribution < -0.4 is 5.32 Å². The van der Waals surface area contributed by atoms with Crippen molar-refractivity contribution in [1.29, 1.82) is 0 Å². The Kier molecular flexibility index (Phi) is 7.85. The van der Waals surface area contributed by atoms with Gasteiger partial charge < -0.3 is 15.1 Å². The van der Waals surface area contributed by atoms with Crippen LogP contribution in [0.15, 0.2) is 54.6 Å². The van der Waals surface area contributed by atoms with E-state index < -0.39 is 0 Å². The van der Waals surface area contributed by atoms with Crippen molar-refractivity contribution >= 4 is 11.9 Å². The molecule has 6 nitrogen and oxygen atoms in total. The van der Waals surface area contributed by atoms with Gasteiger partial charge in [-0.05, 0) is 18.1 Å². The Bertz CT molecular complexity index is 832. The summed E-state index contributed by atoms with van der Waals surface area (Å²) in [6.45, 7) is 7.19. The summed E-state index contributed by atoms with van der Waals surface area (Å²) in [5.41, 5.74) is 3.67. The second kappa shape index (κ2) is 10.8. The van der Waals surface area contributed by atoms with Crippen molar-refractivity contribution in [2.75, 3.05) is 39.8 Å². The van der Waals surface area contributed by atoms with Crippen molar-refractivity contribution in [2.45, 2.75) is 26.4 Å². The number of hydrogen-bond donors (Lipinski definition) is 1. The van der Waals surface area contributed by atoms with E-state index in [1.807, 2.05) is 35.2 Å². The summed E-state index contributed by atoms with van der Waals surface area (Å²) in [5.74, 6) is 0.108. The molecule has 2 aromatic carbocycles. The summed E-state index contributed by atoms with van der Waals surface area (Å²) in [7, 11) is 1.76.